The fourth-order valence-corrected chi connectivity index (χ4v) is 3.00. The zero-order chi connectivity index (χ0) is 17.4. The van der Waals surface area contributed by atoms with Crippen LogP contribution in [0.2, 0.25) is 0 Å². The highest BCUT2D eigenvalue weighted by Crippen LogP contribution is 2.39. The van der Waals surface area contributed by atoms with Crippen molar-refractivity contribution in [1.82, 2.24) is 0 Å². The maximum absolute atomic E-state index is 12.7. The molecule has 1 heterocycles. The van der Waals surface area contributed by atoms with Crippen LogP contribution in [-0.2, 0) is 0 Å². The molecule has 2 N–H and O–H groups in total. The van der Waals surface area contributed by atoms with Crippen molar-refractivity contribution in [3.8, 4) is 33.8 Å². The maximum atomic E-state index is 12.7. The molecule has 0 fully saturated rings. The van der Waals surface area contributed by atoms with E-state index in [0.29, 0.717) is 16.5 Å². The SMILES string of the molecule is O=c1oc2cc(O)c(O)cc2c(-c2ccccc2)c1-c1ccccc1. The molecule has 0 atom stereocenters. The topological polar surface area (TPSA) is 70.7 Å². The molecule has 4 aromatic rings. The van der Waals surface area contributed by atoms with Gasteiger partial charge in [-0.2, -0.15) is 0 Å². The van der Waals surface area contributed by atoms with Gasteiger partial charge in [0.2, 0.25) is 0 Å². The average molecular weight is 330 g/mol. The van der Waals surface area contributed by atoms with Gasteiger partial charge in [-0.3, -0.25) is 0 Å². The Kier molecular flexibility index (Phi) is 3.51. The summed E-state index contributed by atoms with van der Waals surface area (Å²) < 4.78 is 5.42. The van der Waals surface area contributed by atoms with Gasteiger partial charge in [0.05, 0.1) is 5.56 Å². The summed E-state index contributed by atoms with van der Waals surface area (Å²) in [4.78, 5) is 12.7. The van der Waals surface area contributed by atoms with Crippen molar-refractivity contribution >= 4 is 11.0 Å². The molecule has 25 heavy (non-hydrogen) atoms. The number of hydrogen-bond acceptors (Lipinski definition) is 4. The second-order valence-electron chi connectivity index (χ2n) is 5.71. The van der Waals surface area contributed by atoms with Crippen LogP contribution in [0.3, 0.4) is 0 Å². The first-order valence-corrected chi connectivity index (χ1v) is 7.79. The smallest absolute Gasteiger partial charge is 0.344 e. The first-order chi connectivity index (χ1) is 12.1. The Hall–Kier alpha value is -3.53. The van der Waals surface area contributed by atoms with Crippen LogP contribution in [0.5, 0.6) is 11.5 Å². The van der Waals surface area contributed by atoms with Crippen LogP contribution in [0.25, 0.3) is 33.2 Å². The summed E-state index contributed by atoms with van der Waals surface area (Å²) >= 11 is 0. The Morgan fingerprint density at radius 3 is 1.80 bits per heavy atom. The van der Waals surface area contributed by atoms with Gasteiger partial charge in [-0.15, -0.1) is 0 Å². The molecule has 1 aromatic heterocycles. The van der Waals surface area contributed by atoms with Gasteiger partial charge in [0.1, 0.15) is 5.58 Å². The third kappa shape index (κ3) is 2.54. The predicted molar refractivity (Wildman–Crippen MR) is 96.7 cm³/mol. The zero-order valence-corrected chi connectivity index (χ0v) is 13.1. The second kappa shape index (κ2) is 5.83. The molecule has 0 aliphatic rings. The molecular weight excluding hydrogens is 316 g/mol. The summed E-state index contributed by atoms with van der Waals surface area (Å²) in [5, 5.41) is 20.2. The van der Waals surface area contributed by atoms with Crippen LogP contribution in [-0.4, -0.2) is 10.2 Å². The quantitative estimate of drug-likeness (QED) is 0.418. The van der Waals surface area contributed by atoms with Crippen molar-refractivity contribution in [2.45, 2.75) is 0 Å². The predicted octanol–water partition coefficient (Wildman–Crippen LogP) is 4.54. The largest absolute Gasteiger partial charge is 0.504 e. The van der Waals surface area contributed by atoms with E-state index in [9.17, 15) is 15.0 Å². The lowest BCUT2D eigenvalue weighted by Gasteiger charge is -2.13. The van der Waals surface area contributed by atoms with Crippen LogP contribution in [0.4, 0.5) is 0 Å². The Labute approximate surface area is 143 Å². The summed E-state index contributed by atoms with van der Waals surface area (Å²) in [6.07, 6.45) is 0. The van der Waals surface area contributed by atoms with E-state index in [1.54, 1.807) is 0 Å². The maximum Gasteiger partial charge on any atom is 0.344 e. The Balaban J connectivity index is 2.20. The standard InChI is InChI=1S/C21H14O4/c22-16-11-15-18(12-17(16)23)25-21(24)20(14-9-5-2-6-10-14)19(15)13-7-3-1-4-8-13/h1-12,22-23H. The molecule has 0 saturated carbocycles. The van der Waals surface area contributed by atoms with E-state index in [0.717, 1.165) is 11.1 Å². The lowest BCUT2D eigenvalue weighted by atomic mass is 9.93. The Bertz CT molecular complexity index is 1110. The third-order valence-corrected chi connectivity index (χ3v) is 4.13. The lowest BCUT2D eigenvalue weighted by molar-refractivity contribution is 0.403. The minimum absolute atomic E-state index is 0.221. The third-order valence-electron chi connectivity index (χ3n) is 4.13. The Morgan fingerprint density at radius 2 is 1.20 bits per heavy atom. The van der Waals surface area contributed by atoms with Gasteiger partial charge in [0, 0.05) is 17.0 Å². The van der Waals surface area contributed by atoms with Crippen molar-refractivity contribution < 1.29 is 14.6 Å². The molecule has 0 saturated heterocycles. The normalized spacial score (nSPS) is 10.9. The lowest BCUT2D eigenvalue weighted by Crippen LogP contribution is -2.06. The number of rotatable bonds is 2. The van der Waals surface area contributed by atoms with E-state index < -0.39 is 5.63 Å². The highest BCUT2D eigenvalue weighted by Gasteiger charge is 2.19. The molecule has 3 aromatic carbocycles. The van der Waals surface area contributed by atoms with Crippen molar-refractivity contribution in [3.63, 3.8) is 0 Å². The molecule has 0 aliphatic carbocycles. The minimum Gasteiger partial charge on any atom is -0.504 e. The van der Waals surface area contributed by atoms with E-state index in [1.807, 2.05) is 60.7 Å². The van der Waals surface area contributed by atoms with Crippen LogP contribution in [0.15, 0.2) is 82.0 Å². The molecule has 0 bridgehead atoms. The molecule has 4 nitrogen and oxygen atoms in total. The van der Waals surface area contributed by atoms with Gasteiger partial charge in [-0.25, -0.2) is 4.79 Å². The summed E-state index contributed by atoms with van der Waals surface area (Å²) in [5.74, 6) is -0.598. The van der Waals surface area contributed by atoms with Crippen LogP contribution in [0.1, 0.15) is 0 Å². The van der Waals surface area contributed by atoms with E-state index in [1.165, 1.54) is 12.1 Å². The number of phenols is 2. The van der Waals surface area contributed by atoms with Gasteiger partial charge in [0.25, 0.3) is 0 Å². The Morgan fingerprint density at radius 1 is 0.680 bits per heavy atom. The summed E-state index contributed by atoms with van der Waals surface area (Å²) in [6, 6.07) is 21.4. The van der Waals surface area contributed by atoms with Crippen molar-refractivity contribution in [2.24, 2.45) is 0 Å². The molecular formula is C21H14O4. The van der Waals surface area contributed by atoms with Gasteiger partial charge in [-0.1, -0.05) is 60.7 Å². The highest BCUT2D eigenvalue weighted by atomic mass is 16.4. The van der Waals surface area contributed by atoms with Gasteiger partial charge in [-0.05, 0) is 17.2 Å². The molecule has 0 amide bonds. The molecule has 0 aliphatic heterocycles. The van der Waals surface area contributed by atoms with Crippen molar-refractivity contribution in [1.29, 1.82) is 0 Å². The fraction of sp³-hybridized carbons (Fsp3) is 0. The molecule has 0 spiro atoms. The van der Waals surface area contributed by atoms with Gasteiger partial charge >= 0.3 is 5.63 Å². The fourth-order valence-electron chi connectivity index (χ4n) is 3.00. The second-order valence-corrected chi connectivity index (χ2v) is 5.71. The highest BCUT2D eigenvalue weighted by molar-refractivity contribution is 6.02. The van der Waals surface area contributed by atoms with Crippen LogP contribution >= 0.6 is 0 Å². The number of hydrogen-bond donors (Lipinski definition) is 2. The average Bonchev–Trinajstić information content (AvgIpc) is 2.64. The number of fused-ring (bicyclic) bond motifs is 1. The first-order valence-electron chi connectivity index (χ1n) is 7.79. The summed E-state index contributed by atoms with van der Waals surface area (Å²) in [7, 11) is 0. The zero-order valence-electron chi connectivity index (χ0n) is 13.1. The van der Waals surface area contributed by atoms with E-state index >= 15 is 0 Å². The molecule has 0 radical (unpaired) electrons. The number of benzene rings is 3. The van der Waals surface area contributed by atoms with E-state index in [4.69, 9.17) is 4.42 Å². The van der Waals surface area contributed by atoms with Gasteiger partial charge in [0.15, 0.2) is 11.5 Å². The van der Waals surface area contributed by atoms with Crippen molar-refractivity contribution in [2.75, 3.05) is 0 Å². The summed E-state index contributed by atoms with van der Waals surface area (Å²) in [6.45, 7) is 0. The van der Waals surface area contributed by atoms with Crippen LogP contribution in [0, 0.1) is 0 Å². The number of phenolic OH excluding ortho intramolecular Hbond substituents is 2. The van der Waals surface area contributed by atoms with Gasteiger partial charge < -0.3 is 14.6 Å². The molecule has 0 unspecified atom stereocenters. The minimum atomic E-state index is -0.498. The summed E-state index contributed by atoms with van der Waals surface area (Å²) in [5.41, 5.74) is 2.35. The monoisotopic (exact) mass is 330 g/mol. The van der Waals surface area contributed by atoms with E-state index in [2.05, 4.69) is 0 Å². The molecule has 4 rings (SSSR count). The number of aromatic hydroxyl groups is 2. The first kappa shape index (κ1) is 15.0. The van der Waals surface area contributed by atoms with E-state index in [-0.39, 0.29) is 17.1 Å². The molecule has 4 heteroatoms. The van der Waals surface area contributed by atoms with Crippen LogP contribution < -0.4 is 5.63 Å². The van der Waals surface area contributed by atoms with Crippen molar-refractivity contribution in [3.05, 3.63) is 83.2 Å². The molecule has 122 valence electrons.